The zero-order chi connectivity index (χ0) is 19.3. The van der Waals surface area contributed by atoms with Gasteiger partial charge in [0.25, 0.3) is 5.91 Å². The van der Waals surface area contributed by atoms with Crippen molar-refractivity contribution in [1.29, 1.82) is 0 Å². The van der Waals surface area contributed by atoms with Crippen LogP contribution in [0.4, 0.5) is 0 Å². The third-order valence-electron chi connectivity index (χ3n) is 5.76. The van der Waals surface area contributed by atoms with Gasteiger partial charge in [-0.3, -0.25) is 4.79 Å². The molecule has 0 saturated carbocycles. The van der Waals surface area contributed by atoms with E-state index < -0.39 is 0 Å². The quantitative estimate of drug-likeness (QED) is 0.712. The Morgan fingerprint density at radius 2 is 1.78 bits per heavy atom. The topological polar surface area (TPSA) is 51.0 Å². The lowest BCUT2D eigenvalue weighted by Crippen LogP contribution is -2.47. The Kier molecular flexibility index (Phi) is 4.71. The van der Waals surface area contributed by atoms with Crippen LogP contribution in [0.1, 0.15) is 68.5 Å². The molecule has 144 valence electrons. The average Bonchev–Trinajstić information content (AvgIpc) is 3.17. The summed E-state index contributed by atoms with van der Waals surface area (Å²) in [5.74, 6) is 0.0107. The van der Waals surface area contributed by atoms with Gasteiger partial charge >= 0.3 is 0 Å². The molecule has 2 bridgehead atoms. The minimum atomic E-state index is -0.0147. The van der Waals surface area contributed by atoms with Gasteiger partial charge in [0.05, 0.1) is 22.3 Å². The van der Waals surface area contributed by atoms with Crippen molar-refractivity contribution in [3.63, 3.8) is 0 Å². The van der Waals surface area contributed by atoms with Gasteiger partial charge in [0.1, 0.15) is 0 Å². The van der Waals surface area contributed by atoms with E-state index in [2.05, 4.69) is 37.3 Å². The van der Waals surface area contributed by atoms with Crippen molar-refractivity contribution >= 4 is 29.1 Å². The summed E-state index contributed by atoms with van der Waals surface area (Å²) in [6.45, 7) is 6.42. The summed E-state index contributed by atoms with van der Waals surface area (Å²) < 4.78 is 2.00. The van der Waals surface area contributed by atoms with Crippen molar-refractivity contribution in [3.8, 4) is 0 Å². The molecule has 2 aliphatic heterocycles. The molecule has 0 spiro atoms. The second kappa shape index (κ2) is 6.78. The molecule has 1 amide bonds. The molecule has 5 nitrogen and oxygen atoms in total. The van der Waals surface area contributed by atoms with Gasteiger partial charge in [-0.25, -0.2) is 4.68 Å². The summed E-state index contributed by atoms with van der Waals surface area (Å²) in [5, 5.41) is 9.70. The Morgan fingerprint density at radius 3 is 2.33 bits per heavy atom. The molecule has 2 atom stereocenters. The summed E-state index contributed by atoms with van der Waals surface area (Å²) in [6, 6.07) is 5.81. The van der Waals surface area contributed by atoms with Crippen molar-refractivity contribution in [3.05, 3.63) is 45.7 Å². The van der Waals surface area contributed by atoms with E-state index in [1.165, 1.54) is 0 Å². The van der Waals surface area contributed by atoms with Crippen LogP contribution < -0.4 is 0 Å². The Labute approximate surface area is 169 Å². The first-order chi connectivity index (χ1) is 12.7. The zero-order valence-electron chi connectivity index (χ0n) is 15.8. The molecule has 2 unspecified atom stereocenters. The number of amides is 1. The maximum absolute atomic E-state index is 13.1. The van der Waals surface area contributed by atoms with E-state index in [0.29, 0.717) is 15.6 Å². The smallest absolute Gasteiger partial charge is 0.255 e. The Balaban J connectivity index is 1.54. The van der Waals surface area contributed by atoms with Gasteiger partial charge in [-0.05, 0) is 43.9 Å². The molecule has 4 rings (SSSR count). The molecule has 2 saturated heterocycles. The number of benzene rings is 1. The van der Waals surface area contributed by atoms with E-state index in [9.17, 15) is 4.79 Å². The van der Waals surface area contributed by atoms with E-state index in [-0.39, 0.29) is 29.4 Å². The number of carbonyl (C=O) groups excluding carboxylic acids is 1. The van der Waals surface area contributed by atoms with Gasteiger partial charge in [0, 0.05) is 28.7 Å². The molecule has 2 fully saturated rings. The Morgan fingerprint density at radius 1 is 1.11 bits per heavy atom. The van der Waals surface area contributed by atoms with Crippen LogP contribution in [-0.2, 0) is 5.41 Å². The first kappa shape index (κ1) is 18.8. The first-order valence-electron chi connectivity index (χ1n) is 9.44. The van der Waals surface area contributed by atoms with Crippen LogP contribution in [0.2, 0.25) is 10.0 Å². The van der Waals surface area contributed by atoms with Crippen LogP contribution >= 0.6 is 23.2 Å². The van der Waals surface area contributed by atoms with Crippen molar-refractivity contribution in [1.82, 2.24) is 19.9 Å². The Hall–Kier alpha value is -1.59. The highest BCUT2D eigenvalue weighted by Crippen LogP contribution is 2.42. The van der Waals surface area contributed by atoms with E-state index >= 15 is 0 Å². The van der Waals surface area contributed by atoms with Crippen molar-refractivity contribution < 1.29 is 4.79 Å². The number of fused-ring (bicyclic) bond motifs is 2. The third kappa shape index (κ3) is 3.47. The lowest BCUT2D eigenvalue weighted by molar-refractivity contribution is 0.0523. The molecular weight excluding hydrogens is 383 g/mol. The summed E-state index contributed by atoms with van der Waals surface area (Å²) >= 11 is 12.2. The predicted octanol–water partition coefficient (Wildman–Crippen LogP) is 4.89. The highest BCUT2D eigenvalue weighted by Gasteiger charge is 2.44. The lowest BCUT2D eigenvalue weighted by atomic mass is 9.92. The number of aromatic nitrogens is 3. The maximum Gasteiger partial charge on any atom is 0.255 e. The van der Waals surface area contributed by atoms with Crippen LogP contribution in [0.25, 0.3) is 0 Å². The summed E-state index contributed by atoms with van der Waals surface area (Å²) in [6.07, 6.45) is 5.93. The molecule has 2 aromatic rings. The summed E-state index contributed by atoms with van der Waals surface area (Å²) in [4.78, 5) is 15.2. The number of nitrogens with zero attached hydrogens (tertiary/aromatic N) is 4. The number of halogens is 2. The van der Waals surface area contributed by atoms with Crippen molar-refractivity contribution in [2.45, 2.75) is 70.0 Å². The van der Waals surface area contributed by atoms with Crippen LogP contribution in [0.15, 0.2) is 24.4 Å². The number of piperidine rings is 1. The molecule has 2 aliphatic rings. The van der Waals surface area contributed by atoms with Gasteiger partial charge in [0.15, 0.2) is 0 Å². The fourth-order valence-corrected chi connectivity index (χ4v) is 4.79. The van der Waals surface area contributed by atoms with Crippen LogP contribution in [0, 0.1) is 0 Å². The van der Waals surface area contributed by atoms with Crippen molar-refractivity contribution in [2.75, 3.05) is 0 Å². The highest BCUT2D eigenvalue weighted by atomic mass is 35.5. The van der Waals surface area contributed by atoms with Crippen LogP contribution in [0.3, 0.4) is 0 Å². The molecule has 7 heteroatoms. The van der Waals surface area contributed by atoms with Gasteiger partial charge < -0.3 is 4.90 Å². The van der Waals surface area contributed by atoms with Crippen LogP contribution in [-0.4, -0.2) is 37.9 Å². The molecule has 0 radical (unpaired) electrons. The molecule has 27 heavy (non-hydrogen) atoms. The molecule has 1 aromatic carbocycles. The van der Waals surface area contributed by atoms with Crippen LogP contribution in [0.5, 0.6) is 0 Å². The SMILES string of the molecule is CC(C)(C)c1cn(C2CC3CCC(C2)N3C(=O)c2ccc(Cl)cc2Cl)nn1. The van der Waals surface area contributed by atoms with E-state index in [4.69, 9.17) is 23.2 Å². The monoisotopic (exact) mass is 406 g/mol. The largest absolute Gasteiger partial charge is 0.332 e. The molecule has 0 N–H and O–H groups in total. The fourth-order valence-electron chi connectivity index (χ4n) is 4.30. The fraction of sp³-hybridized carbons (Fsp3) is 0.550. The standard InChI is InChI=1S/C20H24Cl2N4O/c1-20(2,3)18-11-25(24-23-18)15-9-13-5-6-14(10-15)26(13)19(27)16-7-4-12(21)8-17(16)22/h4,7-8,11,13-15H,5-6,9-10H2,1-3H3. The van der Waals surface area contributed by atoms with Gasteiger partial charge in [-0.2, -0.15) is 0 Å². The first-order valence-corrected chi connectivity index (χ1v) is 10.2. The zero-order valence-corrected chi connectivity index (χ0v) is 17.3. The molecule has 3 heterocycles. The summed E-state index contributed by atoms with van der Waals surface area (Å²) in [7, 11) is 0. The number of hydrogen-bond acceptors (Lipinski definition) is 3. The normalized spacial score (nSPS) is 25.1. The van der Waals surface area contributed by atoms with E-state index in [0.717, 1.165) is 31.4 Å². The van der Waals surface area contributed by atoms with Crippen molar-refractivity contribution in [2.24, 2.45) is 0 Å². The van der Waals surface area contributed by atoms with Gasteiger partial charge in [-0.15, -0.1) is 5.10 Å². The highest BCUT2D eigenvalue weighted by molar-refractivity contribution is 6.36. The van der Waals surface area contributed by atoms with E-state index in [1.54, 1.807) is 18.2 Å². The second-order valence-corrected chi connectivity index (χ2v) is 9.52. The van der Waals surface area contributed by atoms with Gasteiger partial charge in [0.2, 0.25) is 0 Å². The predicted molar refractivity (Wildman–Crippen MR) is 106 cm³/mol. The third-order valence-corrected chi connectivity index (χ3v) is 6.30. The van der Waals surface area contributed by atoms with E-state index in [1.807, 2.05) is 9.58 Å². The molecular formula is C20H24Cl2N4O. The molecule has 0 aliphatic carbocycles. The lowest BCUT2D eigenvalue weighted by Gasteiger charge is -2.39. The average molecular weight is 407 g/mol. The molecule has 1 aromatic heterocycles. The maximum atomic E-state index is 13.1. The van der Waals surface area contributed by atoms with Gasteiger partial charge in [-0.1, -0.05) is 49.2 Å². The number of hydrogen-bond donors (Lipinski definition) is 0. The summed E-state index contributed by atoms with van der Waals surface area (Å²) in [5.41, 5.74) is 1.52. The minimum Gasteiger partial charge on any atom is -0.332 e. The Bertz CT molecular complexity index is 859. The number of rotatable bonds is 2. The second-order valence-electron chi connectivity index (χ2n) is 8.68. The minimum absolute atomic E-state index is 0.0107. The number of carbonyl (C=O) groups is 1.